The summed E-state index contributed by atoms with van der Waals surface area (Å²) in [6, 6.07) is 11.8. The van der Waals surface area contributed by atoms with Crippen LogP contribution in [0.2, 0.25) is 0 Å². The fourth-order valence-electron chi connectivity index (χ4n) is 3.52. The molecule has 8 heteroatoms. The Hall–Kier alpha value is -2.71. The molecule has 1 saturated heterocycles. The summed E-state index contributed by atoms with van der Waals surface area (Å²) in [5.74, 6) is -0.587. The van der Waals surface area contributed by atoms with Crippen molar-refractivity contribution in [2.75, 3.05) is 25.5 Å². The van der Waals surface area contributed by atoms with Crippen LogP contribution in [0.3, 0.4) is 0 Å². The fourth-order valence-corrected chi connectivity index (χ4v) is 5.28. The van der Waals surface area contributed by atoms with Gasteiger partial charge in [-0.1, -0.05) is 30.7 Å². The number of hydrogen-bond acceptors (Lipinski definition) is 4. The molecule has 0 atom stereocenters. The molecule has 2 aromatic carbocycles. The molecule has 0 spiro atoms. The highest BCUT2D eigenvalue weighted by Crippen LogP contribution is 2.25. The summed E-state index contributed by atoms with van der Waals surface area (Å²) in [6.07, 6.45) is 2.86. The molecule has 0 saturated carbocycles. The molecule has 2 N–H and O–H groups in total. The monoisotopic (exact) mass is 429 g/mol. The molecule has 1 heterocycles. The smallest absolute Gasteiger partial charge is 0.255 e. The van der Waals surface area contributed by atoms with Gasteiger partial charge in [0, 0.05) is 31.4 Å². The lowest BCUT2D eigenvalue weighted by Crippen LogP contribution is -2.36. The maximum absolute atomic E-state index is 13.1. The van der Waals surface area contributed by atoms with Crippen LogP contribution in [0.15, 0.2) is 47.4 Å². The van der Waals surface area contributed by atoms with E-state index in [4.69, 9.17) is 0 Å². The topological polar surface area (TPSA) is 95.6 Å². The molecule has 30 heavy (non-hydrogen) atoms. The molecule has 0 radical (unpaired) electrons. The lowest BCUT2D eigenvalue weighted by Gasteiger charge is -2.26. The number of amides is 2. The van der Waals surface area contributed by atoms with E-state index < -0.39 is 15.9 Å². The van der Waals surface area contributed by atoms with Gasteiger partial charge in [-0.05, 0) is 49.1 Å². The molecule has 160 valence electrons. The van der Waals surface area contributed by atoms with Crippen molar-refractivity contribution < 1.29 is 18.0 Å². The molecule has 3 rings (SSSR count). The number of carbonyl (C=O) groups excluding carboxylic acids is 2. The van der Waals surface area contributed by atoms with Gasteiger partial charge in [0.25, 0.3) is 5.91 Å². The summed E-state index contributed by atoms with van der Waals surface area (Å²) in [7, 11) is -2.09. The third-order valence-corrected chi connectivity index (χ3v) is 7.32. The van der Waals surface area contributed by atoms with Gasteiger partial charge < -0.3 is 10.6 Å². The van der Waals surface area contributed by atoms with E-state index in [2.05, 4.69) is 10.6 Å². The third-order valence-electron chi connectivity index (χ3n) is 5.28. The highest BCUT2D eigenvalue weighted by molar-refractivity contribution is 7.89. The van der Waals surface area contributed by atoms with Crippen LogP contribution in [0.5, 0.6) is 0 Å². The number of piperidine rings is 1. The number of nitrogens with one attached hydrogen (secondary N) is 2. The summed E-state index contributed by atoms with van der Waals surface area (Å²) in [5.41, 5.74) is 2.06. The van der Waals surface area contributed by atoms with Gasteiger partial charge in [-0.3, -0.25) is 9.59 Å². The largest absolute Gasteiger partial charge is 0.359 e. The molecule has 2 aromatic rings. The van der Waals surface area contributed by atoms with Gasteiger partial charge in [-0.15, -0.1) is 0 Å². The number of sulfonamides is 1. The first-order chi connectivity index (χ1) is 14.3. The summed E-state index contributed by atoms with van der Waals surface area (Å²) < 4.78 is 27.7. The van der Waals surface area contributed by atoms with Crippen molar-refractivity contribution in [2.24, 2.45) is 0 Å². The van der Waals surface area contributed by atoms with E-state index in [9.17, 15) is 18.0 Å². The molecule has 2 amide bonds. The number of rotatable bonds is 6. The molecular weight excluding hydrogens is 402 g/mol. The highest BCUT2D eigenvalue weighted by atomic mass is 32.2. The first-order valence-corrected chi connectivity index (χ1v) is 11.5. The number of para-hydroxylation sites is 1. The van der Waals surface area contributed by atoms with Crippen LogP contribution >= 0.6 is 0 Å². The van der Waals surface area contributed by atoms with Gasteiger partial charge in [-0.25, -0.2) is 8.42 Å². The van der Waals surface area contributed by atoms with Gasteiger partial charge in [0.2, 0.25) is 15.9 Å². The van der Waals surface area contributed by atoms with E-state index in [0.717, 1.165) is 19.3 Å². The van der Waals surface area contributed by atoms with Crippen molar-refractivity contribution in [3.63, 3.8) is 0 Å². The van der Waals surface area contributed by atoms with Gasteiger partial charge in [0.1, 0.15) is 0 Å². The van der Waals surface area contributed by atoms with Gasteiger partial charge in [-0.2, -0.15) is 4.31 Å². The van der Waals surface area contributed by atoms with Gasteiger partial charge >= 0.3 is 0 Å². The lowest BCUT2D eigenvalue weighted by atomic mass is 10.1. The molecular formula is C22H27N3O4S. The molecule has 0 bridgehead atoms. The van der Waals surface area contributed by atoms with Crippen LogP contribution < -0.4 is 10.6 Å². The van der Waals surface area contributed by atoms with Crippen LogP contribution in [-0.4, -0.2) is 44.7 Å². The SMILES string of the molecule is CNC(=O)Cc1ccccc1NC(=O)c1ccc(C)c(S(=O)(=O)N2CCCCC2)c1. The van der Waals surface area contributed by atoms with Crippen LogP contribution in [-0.2, 0) is 21.2 Å². The standard InChI is InChI=1S/C22H27N3O4S/c1-16-10-11-18(14-20(16)30(28,29)25-12-6-3-7-13-25)22(27)24-19-9-5-4-8-17(19)15-21(26)23-2/h4-5,8-11,14H,3,6-7,12-13,15H2,1-2H3,(H,23,26)(H,24,27). The van der Waals surface area contributed by atoms with Crippen molar-refractivity contribution >= 4 is 27.5 Å². The molecule has 1 fully saturated rings. The zero-order valence-electron chi connectivity index (χ0n) is 17.3. The van der Waals surface area contributed by atoms with Crippen molar-refractivity contribution in [1.29, 1.82) is 0 Å². The molecule has 0 unspecified atom stereocenters. The molecule has 1 aliphatic rings. The van der Waals surface area contributed by atoms with Gasteiger partial charge in [0.05, 0.1) is 11.3 Å². The quantitative estimate of drug-likeness (QED) is 0.738. The van der Waals surface area contributed by atoms with Crippen molar-refractivity contribution in [1.82, 2.24) is 9.62 Å². The zero-order valence-corrected chi connectivity index (χ0v) is 18.1. The third kappa shape index (κ3) is 4.88. The summed E-state index contributed by atoms with van der Waals surface area (Å²) >= 11 is 0. The molecule has 1 aliphatic heterocycles. The Morgan fingerprint density at radius 1 is 1.03 bits per heavy atom. The van der Waals surface area contributed by atoms with E-state index in [1.54, 1.807) is 50.4 Å². The predicted molar refractivity (Wildman–Crippen MR) is 116 cm³/mol. The Labute approximate surface area is 177 Å². The van der Waals surface area contributed by atoms with E-state index in [1.165, 1.54) is 10.4 Å². The minimum Gasteiger partial charge on any atom is -0.359 e. The van der Waals surface area contributed by atoms with Crippen LogP contribution in [0.4, 0.5) is 5.69 Å². The first kappa shape index (κ1) is 22.0. The van der Waals surface area contributed by atoms with Crippen molar-refractivity contribution in [3.8, 4) is 0 Å². The highest BCUT2D eigenvalue weighted by Gasteiger charge is 2.28. The number of likely N-dealkylation sites (N-methyl/N-ethyl adjacent to an activating group) is 1. The second-order valence-electron chi connectivity index (χ2n) is 7.41. The maximum Gasteiger partial charge on any atom is 0.255 e. The van der Waals surface area contributed by atoms with Crippen LogP contribution in [0.1, 0.15) is 40.7 Å². The zero-order chi connectivity index (χ0) is 21.7. The average Bonchev–Trinajstić information content (AvgIpc) is 2.75. The number of anilines is 1. The number of benzene rings is 2. The summed E-state index contributed by atoms with van der Waals surface area (Å²) in [4.78, 5) is 24.8. The Morgan fingerprint density at radius 3 is 2.43 bits per heavy atom. The average molecular weight is 430 g/mol. The normalized spacial score (nSPS) is 14.9. The number of aryl methyl sites for hydroxylation is 1. The second-order valence-corrected chi connectivity index (χ2v) is 9.31. The maximum atomic E-state index is 13.1. The summed E-state index contributed by atoms with van der Waals surface area (Å²) in [6.45, 7) is 2.74. The predicted octanol–water partition coefficient (Wildman–Crippen LogP) is 2.71. The van der Waals surface area contributed by atoms with Crippen LogP contribution in [0, 0.1) is 6.92 Å². The van der Waals surface area contributed by atoms with E-state index in [-0.39, 0.29) is 22.8 Å². The number of carbonyl (C=O) groups is 2. The fraction of sp³-hybridized carbons (Fsp3) is 0.364. The second kappa shape index (κ2) is 9.40. The van der Waals surface area contributed by atoms with Gasteiger partial charge in [0.15, 0.2) is 0 Å². The molecule has 0 aromatic heterocycles. The van der Waals surface area contributed by atoms with Crippen LogP contribution in [0.25, 0.3) is 0 Å². The first-order valence-electron chi connectivity index (χ1n) is 10.0. The lowest BCUT2D eigenvalue weighted by molar-refractivity contribution is -0.119. The number of hydrogen-bond donors (Lipinski definition) is 2. The van der Waals surface area contributed by atoms with Crippen molar-refractivity contribution in [2.45, 2.75) is 37.5 Å². The molecule has 7 nitrogen and oxygen atoms in total. The van der Waals surface area contributed by atoms with E-state index in [1.807, 2.05) is 0 Å². The summed E-state index contributed by atoms with van der Waals surface area (Å²) in [5, 5.41) is 5.37. The number of nitrogens with zero attached hydrogens (tertiary/aromatic N) is 1. The van der Waals surface area contributed by atoms with Crippen molar-refractivity contribution in [3.05, 3.63) is 59.2 Å². The Morgan fingerprint density at radius 2 is 1.73 bits per heavy atom. The molecule has 0 aliphatic carbocycles. The Bertz CT molecular complexity index is 1040. The Balaban J connectivity index is 1.86. The van der Waals surface area contributed by atoms with E-state index >= 15 is 0 Å². The van der Waals surface area contributed by atoms with E-state index in [0.29, 0.717) is 29.9 Å². The Kier molecular flexibility index (Phi) is 6.89. The minimum absolute atomic E-state index is 0.134. The minimum atomic E-state index is -3.65.